The highest BCUT2D eigenvalue weighted by Crippen LogP contribution is 2.32. The van der Waals surface area contributed by atoms with E-state index >= 15 is 0 Å². The maximum atomic E-state index is 12.5. The zero-order valence-corrected chi connectivity index (χ0v) is 15.4. The number of likely N-dealkylation sites (tertiary alicyclic amines) is 2. The lowest BCUT2D eigenvalue weighted by Gasteiger charge is -2.42. The highest BCUT2D eigenvalue weighted by atomic mass is 16.3. The average Bonchev–Trinajstić information content (AvgIpc) is 3.41. The molecule has 1 aromatic heterocycles. The number of piperidine rings is 2. The zero-order valence-electron chi connectivity index (χ0n) is 15.4. The summed E-state index contributed by atoms with van der Waals surface area (Å²) >= 11 is 0. The van der Waals surface area contributed by atoms with E-state index in [0.29, 0.717) is 24.4 Å². The van der Waals surface area contributed by atoms with Crippen LogP contribution in [0.4, 0.5) is 0 Å². The topological polar surface area (TPSA) is 65.8 Å². The molecule has 6 nitrogen and oxygen atoms in total. The Bertz CT molecular complexity index is 618. The molecule has 2 amide bonds. The third-order valence-electron chi connectivity index (χ3n) is 6.06. The van der Waals surface area contributed by atoms with Crippen LogP contribution in [0.5, 0.6) is 0 Å². The van der Waals surface area contributed by atoms with E-state index in [9.17, 15) is 9.59 Å². The second-order valence-electron chi connectivity index (χ2n) is 7.96. The molecule has 2 saturated heterocycles. The van der Waals surface area contributed by atoms with Crippen LogP contribution in [0.3, 0.4) is 0 Å². The minimum absolute atomic E-state index is 0.0600. The van der Waals surface area contributed by atoms with Crippen molar-refractivity contribution in [3.05, 3.63) is 24.2 Å². The summed E-state index contributed by atoms with van der Waals surface area (Å²) < 4.78 is 5.28. The average molecular weight is 359 g/mol. The van der Waals surface area contributed by atoms with Gasteiger partial charge in [-0.2, -0.15) is 0 Å². The SMILES string of the molecule is O=C(NCc1ccco1)[C@H]1CCCN(C2CCN(C(=O)C3CC3)CC2)C1. The van der Waals surface area contributed by atoms with Crippen molar-refractivity contribution < 1.29 is 14.0 Å². The maximum Gasteiger partial charge on any atom is 0.225 e. The van der Waals surface area contributed by atoms with Crippen LogP contribution in [0.15, 0.2) is 22.8 Å². The van der Waals surface area contributed by atoms with Gasteiger partial charge in [-0.25, -0.2) is 0 Å². The van der Waals surface area contributed by atoms with Crippen LogP contribution >= 0.6 is 0 Å². The Hall–Kier alpha value is -1.82. The Kier molecular flexibility index (Phi) is 5.29. The largest absolute Gasteiger partial charge is 0.467 e. The van der Waals surface area contributed by atoms with Crippen LogP contribution in [0, 0.1) is 11.8 Å². The number of carbonyl (C=O) groups is 2. The first kappa shape index (κ1) is 17.6. The van der Waals surface area contributed by atoms with Gasteiger partial charge in [-0.3, -0.25) is 14.5 Å². The van der Waals surface area contributed by atoms with Crippen LogP contribution < -0.4 is 5.32 Å². The molecule has 0 spiro atoms. The van der Waals surface area contributed by atoms with Gasteiger partial charge in [0.05, 0.1) is 18.7 Å². The molecule has 1 N–H and O–H groups in total. The molecule has 4 rings (SSSR count). The van der Waals surface area contributed by atoms with E-state index in [2.05, 4.69) is 15.1 Å². The number of nitrogens with zero attached hydrogens (tertiary/aromatic N) is 2. The number of nitrogens with one attached hydrogen (secondary N) is 1. The lowest BCUT2D eigenvalue weighted by atomic mass is 9.93. The summed E-state index contributed by atoms with van der Waals surface area (Å²) in [5.41, 5.74) is 0. The van der Waals surface area contributed by atoms with E-state index in [1.165, 1.54) is 0 Å². The van der Waals surface area contributed by atoms with Crippen molar-refractivity contribution in [3.8, 4) is 0 Å². The van der Waals surface area contributed by atoms with E-state index in [-0.39, 0.29) is 11.8 Å². The fraction of sp³-hybridized carbons (Fsp3) is 0.700. The third-order valence-corrected chi connectivity index (χ3v) is 6.06. The predicted octanol–water partition coefficient (Wildman–Crippen LogP) is 2.01. The molecule has 0 radical (unpaired) electrons. The third kappa shape index (κ3) is 4.11. The Morgan fingerprint density at radius 1 is 1.08 bits per heavy atom. The fourth-order valence-corrected chi connectivity index (χ4v) is 4.32. The van der Waals surface area contributed by atoms with Gasteiger partial charge in [0.2, 0.25) is 11.8 Å². The molecular formula is C20H29N3O3. The highest BCUT2D eigenvalue weighted by Gasteiger charge is 2.37. The van der Waals surface area contributed by atoms with Crippen molar-refractivity contribution in [2.45, 2.75) is 51.1 Å². The van der Waals surface area contributed by atoms with E-state index in [0.717, 1.165) is 70.5 Å². The number of amides is 2. The molecule has 3 fully saturated rings. The molecule has 2 aliphatic heterocycles. The molecule has 6 heteroatoms. The lowest BCUT2D eigenvalue weighted by Crippen LogP contribution is -2.51. The molecule has 142 valence electrons. The zero-order chi connectivity index (χ0) is 17.9. The predicted molar refractivity (Wildman–Crippen MR) is 97.2 cm³/mol. The van der Waals surface area contributed by atoms with Gasteiger partial charge in [0, 0.05) is 31.6 Å². The molecule has 1 aromatic rings. The number of carbonyl (C=O) groups excluding carboxylic acids is 2. The van der Waals surface area contributed by atoms with Crippen molar-refractivity contribution in [3.63, 3.8) is 0 Å². The van der Waals surface area contributed by atoms with Gasteiger partial charge in [0.25, 0.3) is 0 Å². The minimum Gasteiger partial charge on any atom is -0.467 e. The van der Waals surface area contributed by atoms with Crippen LogP contribution in [0.1, 0.15) is 44.3 Å². The van der Waals surface area contributed by atoms with Crippen LogP contribution in [-0.2, 0) is 16.1 Å². The molecule has 26 heavy (non-hydrogen) atoms. The quantitative estimate of drug-likeness (QED) is 0.873. The van der Waals surface area contributed by atoms with Crippen molar-refractivity contribution in [1.29, 1.82) is 0 Å². The van der Waals surface area contributed by atoms with Gasteiger partial charge >= 0.3 is 0 Å². The van der Waals surface area contributed by atoms with E-state index < -0.39 is 0 Å². The van der Waals surface area contributed by atoms with Crippen molar-refractivity contribution in [2.75, 3.05) is 26.2 Å². The Morgan fingerprint density at radius 2 is 1.88 bits per heavy atom. The van der Waals surface area contributed by atoms with Gasteiger partial charge in [0.15, 0.2) is 0 Å². The summed E-state index contributed by atoms with van der Waals surface area (Å²) in [6.45, 7) is 4.14. The minimum atomic E-state index is 0.0600. The summed E-state index contributed by atoms with van der Waals surface area (Å²) in [5, 5.41) is 3.01. The van der Waals surface area contributed by atoms with Crippen LogP contribution in [0.2, 0.25) is 0 Å². The molecule has 1 saturated carbocycles. The van der Waals surface area contributed by atoms with Crippen molar-refractivity contribution >= 4 is 11.8 Å². The van der Waals surface area contributed by atoms with Crippen molar-refractivity contribution in [1.82, 2.24) is 15.1 Å². The second-order valence-corrected chi connectivity index (χ2v) is 7.96. The summed E-state index contributed by atoms with van der Waals surface area (Å²) in [6, 6.07) is 4.23. The van der Waals surface area contributed by atoms with E-state index in [4.69, 9.17) is 4.42 Å². The molecule has 0 aromatic carbocycles. The Morgan fingerprint density at radius 3 is 2.58 bits per heavy atom. The van der Waals surface area contributed by atoms with Gasteiger partial charge < -0.3 is 14.6 Å². The molecular weight excluding hydrogens is 330 g/mol. The number of furan rings is 1. The standard InChI is InChI=1S/C20H29N3O3/c24-19(21-13-18-4-2-12-26-18)16-3-1-9-23(14-16)17-7-10-22(11-8-17)20(25)15-5-6-15/h2,4,12,15-17H,1,3,5-11,13-14H2,(H,21,24)/t16-/m0/s1. The first-order valence-electron chi connectivity index (χ1n) is 10.0. The first-order chi connectivity index (χ1) is 12.7. The van der Waals surface area contributed by atoms with Crippen LogP contribution in [0.25, 0.3) is 0 Å². The second kappa shape index (κ2) is 7.82. The van der Waals surface area contributed by atoms with E-state index in [1.807, 2.05) is 12.1 Å². The Labute approximate surface area is 154 Å². The molecule has 1 atom stereocenters. The Balaban J connectivity index is 1.24. The van der Waals surface area contributed by atoms with Gasteiger partial charge in [-0.05, 0) is 57.2 Å². The summed E-state index contributed by atoms with van der Waals surface area (Å²) in [5.74, 6) is 1.68. The highest BCUT2D eigenvalue weighted by molar-refractivity contribution is 5.81. The monoisotopic (exact) mass is 359 g/mol. The molecule has 0 unspecified atom stereocenters. The van der Waals surface area contributed by atoms with E-state index in [1.54, 1.807) is 6.26 Å². The fourth-order valence-electron chi connectivity index (χ4n) is 4.32. The smallest absolute Gasteiger partial charge is 0.225 e. The summed E-state index contributed by atoms with van der Waals surface area (Å²) in [6.07, 6.45) is 7.90. The summed E-state index contributed by atoms with van der Waals surface area (Å²) in [4.78, 5) is 29.3. The number of hydrogen-bond acceptors (Lipinski definition) is 4. The van der Waals surface area contributed by atoms with Crippen LogP contribution in [-0.4, -0.2) is 53.8 Å². The number of hydrogen-bond donors (Lipinski definition) is 1. The van der Waals surface area contributed by atoms with Gasteiger partial charge in [0.1, 0.15) is 5.76 Å². The molecule has 1 aliphatic carbocycles. The van der Waals surface area contributed by atoms with Gasteiger partial charge in [-0.15, -0.1) is 0 Å². The normalized spacial score (nSPS) is 25.2. The molecule has 3 heterocycles. The lowest BCUT2D eigenvalue weighted by molar-refractivity contribution is -0.134. The summed E-state index contributed by atoms with van der Waals surface area (Å²) in [7, 11) is 0. The number of rotatable bonds is 5. The maximum absolute atomic E-state index is 12.5. The molecule has 0 bridgehead atoms. The van der Waals surface area contributed by atoms with Crippen molar-refractivity contribution in [2.24, 2.45) is 11.8 Å². The molecule has 3 aliphatic rings. The van der Waals surface area contributed by atoms with Gasteiger partial charge in [-0.1, -0.05) is 0 Å². The first-order valence-corrected chi connectivity index (χ1v) is 10.0.